The van der Waals surface area contributed by atoms with E-state index in [1.807, 2.05) is 32.9 Å². The van der Waals surface area contributed by atoms with Gasteiger partial charge in [-0.25, -0.2) is 0 Å². The molecule has 4 heteroatoms. The van der Waals surface area contributed by atoms with Crippen LogP contribution in [0.3, 0.4) is 0 Å². The van der Waals surface area contributed by atoms with Crippen LogP contribution in [0.5, 0.6) is 0 Å². The summed E-state index contributed by atoms with van der Waals surface area (Å²) in [5, 5.41) is 5.07. The summed E-state index contributed by atoms with van der Waals surface area (Å²) in [6.07, 6.45) is 0. The lowest BCUT2D eigenvalue weighted by Gasteiger charge is -1.92. The number of fused-ring (bicyclic) bond motifs is 1. The molecule has 3 rings (SSSR count). The predicted molar refractivity (Wildman–Crippen MR) is 73.1 cm³/mol. The fraction of sp³-hybridized carbons (Fsp3) is 0.333. The summed E-state index contributed by atoms with van der Waals surface area (Å²) in [7, 11) is 0. The molecule has 0 aliphatic rings. The second-order valence-electron chi connectivity index (χ2n) is 5.17. The van der Waals surface area contributed by atoms with E-state index in [0.29, 0.717) is 17.5 Å². The smallest absolute Gasteiger partial charge is 0.293 e. The maximum absolute atomic E-state index is 5.84. The number of hydrogen-bond donors (Lipinski definition) is 0. The van der Waals surface area contributed by atoms with E-state index >= 15 is 0 Å². The summed E-state index contributed by atoms with van der Waals surface area (Å²) < 4.78 is 11.1. The quantitative estimate of drug-likeness (QED) is 0.688. The van der Waals surface area contributed by atoms with E-state index in [2.05, 4.69) is 23.1 Å². The average molecular weight is 256 g/mol. The Labute approximate surface area is 111 Å². The zero-order chi connectivity index (χ0) is 13.6. The van der Waals surface area contributed by atoms with Crippen molar-refractivity contribution >= 4 is 11.0 Å². The molecule has 2 aromatic heterocycles. The van der Waals surface area contributed by atoms with Crippen molar-refractivity contribution in [1.29, 1.82) is 0 Å². The predicted octanol–water partition coefficient (Wildman–Crippen LogP) is 4.22. The van der Waals surface area contributed by atoms with Crippen molar-refractivity contribution in [2.24, 2.45) is 0 Å². The highest BCUT2D eigenvalue weighted by Crippen LogP contribution is 2.32. The number of benzene rings is 1. The van der Waals surface area contributed by atoms with Gasteiger partial charge in [0, 0.05) is 16.9 Å². The molecule has 0 aliphatic carbocycles. The molecule has 3 aromatic rings. The van der Waals surface area contributed by atoms with Gasteiger partial charge >= 0.3 is 0 Å². The van der Waals surface area contributed by atoms with Gasteiger partial charge in [-0.3, -0.25) is 0 Å². The molecule has 0 fully saturated rings. The van der Waals surface area contributed by atoms with Crippen molar-refractivity contribution in [2.75, 3.05) is 0 Å². The molecule has 0 amide bonds. The summed E-state index contributed by atoms with van der Waals surface area (Å²) in [5.74, 6) is 2.06. The van der Waals surface area contributed by atoms with Crippen LogP contribution in [0.25, 0.3) is 22.6 Å². The number of hydrogen-bond acceptors (Lipinski definition) is 4. The molecule has 4 nitrogen and oxygen atoms in total. The monoisotopic (exact) mass is 256 g/mol. The van der Waals surface area contributed by atoms with E-state index in [0.717, 1.165) is 16.5 Å². The van der Waals surface area contributed by atoms with Crippen molar-refractivity contribution in [3.05, 3.63) is 35.2 Å². The molecule has 0 spiro atoms. The van der Waals surface area contributed by atoms with Gasteiger partial charge in [-0.15, -0.1) is 0 Å². The molecule has 0 saturated carbocycles. The topological polar surface area (TPSA) is 52.1 Å². The molecule has 0 atom stereocenters. The number of rotatable bonds is 2. The van der Waals surface area contributed by atoms with E-state index in [1.165, 1.54) is 5.56 Å². The highest BCUT2D eigenvalue weighted by molar-refractivity contribution is 5.86. The minimum atomic E-state index is 0.240. The standard InChI is InChI=1S/C15H16N2O2/c1-8(2)14-16-15(19-17-14)13-10(4)11-7-9(3)5-6-12(11)18-13/h5-8H,1-4H3. The third-order valence-electron chi connectivity index (χ3n) is 3.24. The van der Waals surface area contributed by atoms with Gasteiger partial charge in [0.05, 0.1) is 0 Å². The third-order valence-corrected chi connectivity index (χ3v) is 3.24. The lowest BCUT2D eigenvalue weighted by atomic mass is 10.1. The average Bonchev–Trinajstić information content (AvgIpc) is 2.95. The summed E-state index contributed by atoms with van der Waals surface area (Å²) in [6, 6.07) is 6.11. The first kappa shape index (κ1) is 12.0. The molecular weight excluding hydrogens is 240 g/mol. The summed E-state index contributed by atoms with van der Waals surface area (Å²) in [6.45, 7) is 8.14. The van der Waals surface area contributed by atoms with E-state index in [-0.39, 0.29) is 5.92 Å². The minimum absolute atomic E-state index is 0.240. The molecule has 0 saturated heterocycles. The first-order chi connectivity index (χ1) is 9.06. The number of aryl methyl sites for hydroxylation is 2. The highest BCUT2D eigenvalue weighted by Gasteiger charge is 2.19. The summed E-state index contributed by atoms with van der Waals surface area (Å²) in [4.78, 5) is 4.39. The lowest BCUT2D eigenvalue weighted by Crippen LogP contribution is -1.89. The molecule has 2 heterocycles. The molecular formula is C15H16N2O2. The number of furan rings is 1. The zero-order valence-electron chi connectivity index (χ0n) is 11.5. The largest absolute Gasteiger partial charge is 0.451 e. The Morgan fingerprint density at radius 2 is 1.95 bits per heavy atom. The van der Waals surface area contributed by atoms with Crippen LogP contribution in [0.1, 0.15) is 36.7 Å². The van der Waals surface area contributed by atoms with Crippen LogP contribution in [-0.2, 0) is 0 Å². The SMILES string of the molecule is Cc1ccc2oc(-c3nc(C(C)C)no3)c(C)c2c1. The van der Waals surface area contributed by atoms with Crippen molar-refractivity contribution in [2.45, 2.75) is 33.6 Å². The fourth-order valence-corrected chi connectivity index (χ4v) is 2.10. The van der Waals surface area contributed by atoms with E-state index < -0.39 is 0 Å². The van der Waals surface area contributed by atoms with Crippen LogP contribution in [0, 0.1) is 13.8 Å². The van der Waals surface area contributed by atoms with Gasteiger partial charge in [0.25, 0.3) is 5.89 Å². The molecule has 98 valence electrons. The Morgan fingerprint density at radius 1 is 1.16 bits per heavy atom. The van der Waals surface area contributed by atoms with Crippen molar-refractivity contribution in [3.8, 4) is 11.7 Å². The van der Waals surface area contributed by atoms with Gasteiger partial charge in [0.15, 0.2) is 11.6 Å². The van der Waals surface area contributed by atoms with Gasteiger partial charge in [-0.1, -0.05) is 30.6 Å². The number of nitrogens with zero attached hydrogens (tertiary/aromatic N) is 2. The Balaban J connectivity index is 2.16. The fourth-order valence-electron chi connectivity index (χ4n) is 2.10. The van der Waals surface area contributed by atoms with Gasteiger partial charge in [0.2, 0.25) is 0 Å². The summed E-state index contributed by atoms with van der Waals surface area (Å²) in [5.41, 5.74) is 3.09. The van der Waals surface area contributed by atoms with Crippen molar-refractivity contribution in [3.63, 3.8) is 0 Å². The van der Waals surface area contributed by atoms with E-state index in [4.69, 9.17) is 8.94 Å². The Morgan fingerprint density at radius 3 is 2.63 bits per heavy atom. The zero-order valence-corrected chi connectivity index (χ0v) is 11.5. The van der Waals surface area contributed by atoms with Crippen LogP contribution in [0.2, 0.25) is 0 Å². The maximum Gasteiger partial charge on any atom is 0.293 e. The van der Waals surface area contributed by atoms with Gasteiger partial charge in [0.1, 0.15) is 5.58 Å². The lowest BCUT2D eigenvalue weighted by molar-refractivity contribution is 0.408. The molecule has 0 bridgehead atoms. The molecule has 0 unspecified atom stereocenters. The molecule has 19 heavy (non-hydrogen) atoms. The Hall–Kier alpha value is -2.10. The highest BCUT2D eigenvalue weighted by atomic mass is 16.5. The number of aromatic nitrogens is 2. The second-order valence-corrected chi connectivity index (χ2v) is 5.17. The Kier molecular flexibility index (Phi) is 2.66. The molecule has 0 radical (unpaired) electrons. The van der Waals surface area contributed by atoms with Gasteiger partial charge in [-0.2, -0.15) is 4.98 Å². The van der Waals surface area contributed by atoms with Crippen LogP contribution in [0.15, 0.2) is 27.1 Å². The van der Waals surface area contributed by atoms with Gasteiger partial charge in [-0.05, 0) is 26.0 Å². The van der Waals surface area contributed by atoms with Crippen LogP contribution < -0.4 is 0 Å². The first-order valence-electron chi connectivity index (χ1n) is 6.40. The second kappa shape index (κ2) is 4.23. The van der Waals surface area contributed by atoms with E-state index in [1.54, 1.807) is 0 Å². The van der Waals surface area contributed by atoms with Crippen LogP contribution in [-0.4, -0.2) is 10.1 Å². The van der Waals surface area contributed by atoms with Crippen molar-refractivity contribution < 1.29 is 8.94 Å². The summed E-state index contributed by atoms with van der Waals surface area (Å²) >= 11 is 0. The van der Waals surface area contributed by atoms with Crippen LogP contribution in [0.4, 0.5) is 0 Å². The van der Waals surface area contributed by atoms with Crippen molar-refractivity contribution in [1.82, 2.24) is 10.1 Å². The first-order valence-corrected chi connectivity index (χ1v) is 6.40. The van der Waals surface area contributed by atoms with Crippen LogP contribution >= 0.6 is 0 Å². The molecule has 0 aliphatic heterocycles. The normalized spacial score (nSPS) is 11.6. The van der Waals surface area contributed by atoms with E-state index in [9.17, 15) is 0 Å². The molecule has 0 N–H and O–H groups in total. The molecule has 1 aromatic carbocycles. The Bertz CT molecular complexity index is 738. The van der Waals surface area contributed by atoms with Gasteiger partial charge < -0.3 is 8.94 Å². The minimum Gasteiger partial charge on any atom is -0.451 e. The third kappa shape index (κ3) is 1.93. The maximum atomic E-state index is 5.84.